The SMILES string of the molecule is COCC(C)(CC(=O)O)NC(=O)CCCc1ccccc1. The van der Waals surface area contributed by atoms with E-state index in [0.717, 1.165) is 12.8 Å². The van der Waals surface area contributed by atoms with Gasteiger partial charge in [-0.15, -0.1) is 0 Å². The molecule has 1 rings (SSSR count). The van der Waals surface area contributed by atoms with E-state index in [4.69, 9.17) is 9.84 Å². The van der Waals surface area contributed by atoms with Gasteiger partial charge in [0.1, 0.15) is 0 Å². The van der Waals surface area contributed by atoms with E-state index in [1.54, 1.807) is 6.92 Å². The minimum Gasteiger partial charge on any atom is -0.481 e. The number of rotatable bonds is 9. The summed E-state index contributed by atoms with van der Waals surface area (Å²) in [5.41, 5.74) is 0.320. The number of nitrogens with one attached hydrogen (secondary N) is 1. The van der Waals surface area contributed by atoms with Crippen LogP contribution < -0.4 is 5.32 Å². The summed E-state index contributed by atoms with van der Waals surface area (Å²) in [5, 5.41) is 11.7. The fourth-order valence-electron chi connectivity index (χ4n) is 2.28. The average Bonchev–Trinajstić information content (AvgIpc) is 2.38. The highest BCUT2D eigenvalue weighted by atomic mass is 16.5. The van der Waals surface area contributed by atoms with Crippen LogP contribution in [0.2, 0.25) is 0 Å². The monoisotopic (exact) mass is 293 g/mol. The van der Waals surface area contributed by atoms with Crippen LogP contribution in [0.5, 0.6) is 0 Å². The Morgan fingerprint density at radius 2 is 1.95 bits per heavy atom. The first-order valence-corrected chi connectivity index (χ1v) is 7.01. The van der Waals surface area contributed by atoms with Crippen LogP contribution in [-0.2, 0) is 20.7 Å². The lowest BCUT2D eigenvalue weighted by atomic mass is 9.98. The number of carboxylic acid groups (broad SMARTS) is 1. The van der Waals surface area contributed by atoms with Gasteiger partial charge in [0.25, 0.3) is 0 Å². The number of amides is 1. The van der Waals surface area contributed by atoms with Crippen LogP contribution >= 0.6 is 0 Å². The van der Waals surface area contributed by atoms with Crippen LogP contribution in [0.25, 0.3) is 0 Å². The first-order chi connectivity index (χ1) is 9.95. The van der Waals surface area contributed by atoms with Crippen LogP contribution in [-0.4, -0.2) is 36.2 Å². The third-order valence-electron chi connectivity index (χ3n) is 3.16. The predicted molar refractivity (Wildman–Crippen MR) is 80.1 cm³/mol. The van der Waals surface area contributed by atoms with Gasteiger partial charge in [0.05, 0.1) is 18.6 Å². The standard InChI is InChI=1S/C16H23NO4/c1-16(12-21-2,11-15(19)20)17-14(18)10-6-9-13-7-4-3-5-8-13/h3-5,7-8H,6,9-12H2,1-2H3,(H,17,18)(H,19,20). The van der Waals surface area contributed by atoms with Gasteiger partial charge in [-0.2, -0.15) is 0 Å². The number of benzene rings is 1. The summed E-state index contributed by atoms with van der Waals surface area (Å²) in [6.45, 7) is 1.85. The maximum absolute atomic E-state index is 11.9. The summed E-state index contributed by atoms with van der Waals surface area (Å²) >= 11 is 0. The molecule has 116 valence electrons. The first-order valence-electron chi connectivity index (χ1n) is 7.01. The van der Waals surface area contributed by atoms with E-state index in [9.17, 15) is 9.59 Å². The zero-order valence-corrected chi connectivity index (χ0v) is 12.6. The fourth-order valence-corrected chi connectivity index (χ4v) is 2.28. The second-order valence-corrected chi connectivity index (χ2v) is 5.45. The summed E-state index contributed by atoms with van der Waals surface area (Å²) in [6, 6.07) is 9.95. The Kier molecular flexibility index (Phi) is 6.88. The third-order valence-corrected chi connectivity index (χ3v) is 3.16. The number of ether oxygens (including phenoxy) is 1. The lowest BCUT2D eigenvalue weighted by Gasteiger charge is -2.28. The average molecular weight is 293 g/mol. The van der Waals surface area contributed by atoms with Crippen LogP contribution in [0.1, 0.15) is 31.7 Å². The normalized spacial score (nSPS) is 13.4. The second kappa shape index (κ2) is 8.42. The van der Waals surface area contributed by atoms with Gasteiger partial charge in [0.2, 0.25) is 5.91 Å². The topological polar surface area (TPSA) is 75.6 Å². The molecule has 1 aromatic rings. The zero-order chi connectivity index (χ0) is 15.7. The van der Waals surface area contributed by atoms with Gasteiger partial charge in [-0.05, 0) is 25.3 Å². The molecule has 5 nitrogen and oxygen atoms in total. The molecule has 0 aromatic heterocycles. The summed E-state index contributed by atoms with van der Waals surface area (Å²) in [5.74, 6) is -1.11. The van der Waals surface area contributed by atoms with Crippen molar-refractivity contribution >= 4 is 11.9 Å². The molecular formula is C16H23NO4. The van der Waals surface area contributed by atoms with Gasteiger partial charge in [0, 0.05) is 13.5 Å². The molecule has 0 saturated heterocycles. The molecule has 0 heterocycles. The molecular weight excluding hydrogens is 270 g/mol. The molecule has 1 aromatic carbocycles. The van der Waals surface area contributed by atoms with Gasteiger partial charge in [-0.25, -0.2) is 0 Å². The number of hydrogen-bond donors (Lipinski definition) is 2. The molecule has 5 heteroatoms. The lowest BCUT2D eigenvalue weighted by Crippen LogP contribution is -2.50. The molecule has 0 aliphatic heterocycles. The number of carbonyl (C=O) groups excluding carboxylic acids is 1. The van der Waals surface area contributed by atoms with Crippen molar-refractivity contribution in [2.75, 3.05) is 13.7 Å². The van der Waals surface area contributed by atoms with E-state index in [-0.39, 0.29) is 18.9 Å². The number of carbonyl (C=O) groups is 2. The molecule has 0 saturated carbocycles. The van der Waals surface area contributed by atoms with E-state index < -0.39 is 11.5 Å². The van der Waals surface area contributed by atoms with Crippen molar-refractivity contribution in [3.63, 3.8) is 0 Å². The Morgan fingerprint density at radius 1 is 1.29 bits per heavy atom. The summed E-state index contributed by atoms with van der Waals surface area (Å²) in [4.78, 5) is 22.8. The molecule has 0 fully saturated rings. The highest BCUT2D eigenvalue weighted by molar-refractivity contribution is 5.78. The minimum absolute atomic E-state index is 0.147. The largest absolute Gasteiger partial charge is 0.481 e. The molecule has 2 N–H and O–H groups in total. The van der Waals surface area contributed by atoms with Crippen LogP contribution in [0.15, 0.2) is 30.3 Å². The molecule has 0 bridgehead atoms. The highest BCUT2D eigenvalue weighted by Gasteiger charge is 2.29. The molecule has 0 aliphatic carbocycles. The Bertz CT molecular complexity index is 461. The van der Waals surface area contributed by atoms with Crippen molar-refractivity contribution < 1.29 is 19.4 Å². The first kappa shape index (κ1) is 17.2. The maximum atomic E-state index is 11.9. The smallest absolute Gasteiger partial charge is 0.305 e. The number of hydrogen-bond acceptors (Lipinski definition) is 3. The fraction of sp³-hybridized carbons (Fsp3) is 0.500. The van der Waals surface area contributed by atoms with Gasteiger partial charge in [0.15, 0.2) is 0 Å². The maximum Gasteiger partial charge on any atom is 0.305 e. The Hall–Kier alpha value is -1.88. The Morgan fingerprint density at radius 3 is 2.52 bits per heavy atom. The molecule has 1 atom stereocenters. The summed E-state index contributed by atoms with van der Waals surface area (Å²) < 4.78 is 5.00. The van der Waals surface area contributed by atoms with Gasteiger partial charge in [-0.3, -0.25) is 9.59 Å². The van der Waals surface area contributed by atoms with Crippen LogP contribution in [0.3, 0.4) is 0 Å². The lowest BCUT2D eigenvalue weighted by molar-refractivity contribution is -0.139. The molecule has 21 heavy (non-hydrogen) atoms. The number of aliphatic carboxylic acids is 1. The predicted octanol–water partition coefficient (Wildman–Crippen LogP) is 2.01. The van der Waals surface area contributed by atoms with Crippen molar-refractivity contribution in [1.82, 2.24) is 5.32 Å². The Balaban J connectivity index is 2.41. The van der Waals surface area contributed by atoms with E-state index in [2.05, 4.69) is 5.32 Å². The highest BCUT2D eigenvalue weighted by Crippen LogP contribution is 2.12. The summed E-state index contributed by atoms with van der Waals surface area (Å²) in [7, 11) is 1.49. The van der Waals surface area contributed by atoms with Crippen molar-refractivity contribution in [2.45, 2.75) is 38.1 Å². The minimum atomic E-state index is -0.959. The van der Waals surface area contributed by atoms with E-state index in [0.29, 0.717) is 6.42 Å². The quantitative estimate of drug-likeness (QED) is 0.730. The molecule has 0 aliphatic rings. The van der Waals surface area contributed by atoms with Crippen molar-refractivity contribution in [1.29, 1.82) is 0 Å². The van der Waals surface area contributed by atoms with Crippen molar-refractivity contribution in [3.8, 4) is 0 Å². The second-order valence-electron chi connectivity index (χ2n) is 5.45. The molecule has 1 unspecified atom stereocenters. The van der Waals surface area contributed by atoms with Crippen LogP contribution in [0.4, 0.5) is 0 Å². The van der Waals surface area contributed by atoms with Crippen molar-refractivity contribution in [3.05, 3.63) is 35.9 Å². The van der Waals surface area contributed by atoms with Gasteiger partial charge < -0.3 is 15.2 Å². The van der Waals surface area contributed by atoms with E-state index in [1.165, 1.54) is 12.7 Å². The van der Waals surface area contributed by atoms with Crippen LogP contribution in [0, 0.1) is 0 Å². The summed E-state index contributed by atoms with van der Waals surface area (Å²) in [6.07, 6.45) is 1.76. The Labute approximate surface area is 125 Å². The van der Waals surface area contributed by atoms with Gasteiger partial charge in [-0.1, -0.05) is 30.3 Å². The van der Waals surface area contributed by atoms with E-state index in [1.807, 2.05) is 30.3 Å². The van der Waals surface area contributed by atoms with Crippen molar-refractivity contribution in [2.24, 2.45) is 0 Å². The van der Waals surface area contributed by atoms with Gasteiger partial charge >= 0.3 is 5.97 Å². The molecule has 1 amide bonds. The zero-order valence-electron chi connectivity index (χ0n) is 12.6. The number of aryl methyl sites for hydroxylation is 1. The molecule has 0 radical (unpaired) electrons. The molecule has 0 spiro atoms. The number of carboxylic acids is 1. The number of methoxy groups -OCH3 is 1. The van der Waals surface area contributed by atoms with E-state index >= 15 is 0 Å². The third kappa shape index (κ3) is 6.90.